The highest BCUT2D eigenvalue weighted by atomic mass is 35.5. The second-order valence-corrected chi connectivity index (χ2v) is 5.72. The van der Waals surface area contributed by atoms with Crippen LogP contribution in [0.3, 0.4) is 0 Å². The van der Waals surface area contributed by atoms with Crippen LogP contribution in [0.2, 0.25) is 5.02 Å². The predicted octanol–water partition coefficient (Wildman–Crippen LogP) is 2.37. The second kappa shape index (κ2) is 6.88. The number of rotatable bonds is 5. The van der Waals surface area contributed by atoms with Crippen molar-refractivity contribution in [3.8, 4) is 0 Å². The number of halogens is 1. The molecule has 0 atom stereocenters. The molecule has 3 rings (SSSR count). The molecule has 0 amide bonds. The van der Waals surface area contributed by atoms with Gasteiger partial charge in [-0.3, -0.25) is 14.7 Å². The van der Waals surface area contributed by atoms with Gasteiger partial charge in [0.05, 0.1) is 18.7 Å². The fourth-order valence-electron chi connectivity index (χ4n) is 2.52. The number of fused-ring (bicyclic) bond motifs is 1. The van der Waals surface area contributed by atoms with Gasteiger partial charge in [0.25, 0.3) is 5.56 Å². The van der Waals surface area contributed by atoms with E-state index in [9.17, 15) is 9.59 Å². The maximum atomic E-state index is 12.7. The van der Waals surface area contributed by atoms with Crippen LogP contribution in [-0.2, 0) is 22.4 Å². The molecule has 2 aromatic heterocycles. The average molecular weight is 346 g/mol. The maximum Gasteiger partial charge on any atom is 0.311 e. The summed E-state index contributed by atoms with van der Waals surface area (Å²) in [5.41, 5.74) is 2.06. The monoisotopic (exact) mass is 345 g/mol. The van der Waals surface area contributed by atoms with Gasteiger partial charge in [0.1, 0.15) is 0 Å². The lowest BCUT2D eigenvalue weighted by Crippen LogP contribution is -2.24. The quantitative estimate of drug-likeness (QED) is 0.720. The Hall–Kier alpha value is -2.60. The molecule has 7 heteroatoms. The summed E-state index contributed by atoms with van der Waals surface area (Å²) in [4.78, 5) is 29.0. The third kappa shape index (κ3) is 3.33. The number of esters is 1. The van der Waals surface area contributed by atoms with Crippen molar-refractivity contribution in [2.45, 2.75) is 19.8 Å². The van der Waals surface area contributed by atoms with Gasteiger partial charge in [-0.25, -0.2) is 9.50 Å². The number of carbonyl (C=O) groups is 1. The number of benzene rings is 1. The van der Waals surface area contributed by atoms with Crippen molar-refractivity contribution in [3.05, 3.63) is 68.7 Å². The van der Waals surface area contributed by atoms with E-state index in [1.807, 2.05) is 12.1 Å². The fourth-order valence-corrected chi connectivity index (χ4v) is 2.65. The first kappa shape index (κ1) is 16.3. The van der Waals surface area contributed by atoms with Gasteiger partial charge >= 0.3 is 5.97 Å². The van der Waals surface area contributed by atoms with Gasteiger partial charge < -0.3 is 4.74 Å². The molecule has 0 aliphatic rings. The van der Waals surface area contributed by atoms with Gasteiger partial charge in [-0.15, -0.1) is 0 Å². The summed E-state index contributed by atoms with van der Waals surface area (Å²) < 4.78 is 6.35. The average Bonchev–Trinajstić information content (AvgIpc) is 3.02. The van der Waals surface area contributed by atoms with Crippen LogP contribution in [0.15, 0.2) is 41.3 Å². The van der Waals surface area contributed by atoms with Gasteiger partial charge in [0.15, 0.2) is 5.65 Å². The number of hydrogen-bond acceptors (Lipinski definition) is 4. The predicted molar refractivity (Wildman–Crippen MR) is 90.4 cm³/mol. The summed E-state index contributed by atoms with van der Waals surface area (Å²) in [6.45, 7) is 2.03. The number of aromatic nitrogens is 3. The van der Waals surface area contributed by atoms with Crippen molar-refractivity contribution in [3.63, 3.8) is 0 Å². The molecule has 6 nitrogen and oxygen atoms in total. The number of nitrogens with one attached hydrogen (secondary N) is 1. The number of hydrogen-bond donors (Lipinski definition) is 1. The van der Waals surface area contributed by atoms with Gasteiger partial charge in [0, 0.05) is 29.3 Å². The third-order valence-corrected chi connectivity index (χ3v) is 3.89. The minimum atomic E-state index is -0.401. The lowest BCUT2D eigenvalue weighted by atomic mass is 10.0. The number of carbonyl (C=O) groups excluding carboxylic acids is 1. The number of aromatic amines is 1. The minimum Gasteiger partial charge on any atom is -0.466 e. The van der Waals surface area contributed by atoms with Gasteiger partial charge in [-0.2, -0.15) is 0 Å². The molecule has 0 aliphatic carbocycles. The zero-order chi connectivity index (χ0) is 17.1. The summed E-state index contributed by atoms with van der Waals surface area (Å²) in [7, 11) is 0. The van der Waals surface area contributed by atoms with Crippen molar-refractivity contribution in [2.75, 3.05) is 6.61 Å². The number of H-pyrrole nitrogens is 1. The van der Waals surface area contributed by atoms with E-state index >= 15 is 0 Å². The van der Waals surface area contributed by atoms with E-state index in [0.29, 0.717) is 28.3 Å². The van der Waals surface area contributed by atoms with Crippen molar-refractivity contribution in [1.82, 2.24) is 14.6 Å². The van der Waals surface area contributed by atoms with Crippen LogP contribution in [0, 0.1) is 0 Å². The molecular formula is C17H16ClN3O3. The molecule has 1 aromatic carbocycles. The Bertz CT molecular complexity index is 928. The summed E-state index contributed by atoms with van der Waals surface area (Å²) in [5, 5.41) is 3.46. The topological polar surface area (TPSA) is 76.5 Å². The highest BCUT2D eigenvalue weighted by molar-refractivity contribution is 6.30. The molecule has 1 N–H and O–H groups in total. The first-order valence-corrected chi connectivity index (χ1v) is 7.94. The molecule has 124 valence electrons. The van der Waals surface area contributed by atoms with E-state index in [1.54, 1.807) is 31.3 Å². The lowest BCUT2D eigenvalue weighted by molar-refractivity contribution is -0.142. The van der Waals surface area contributed by atoms with E-state index in [2.05, 4.69) is 10.1 Å². The molecule has 2 heterocycles. The smallest absolute Gasteiger partial charge is 0.311 e. The number of ether oxygens (including phenoxy) is 1. The highest BCUT2D eigenvalue weighted by Gasteiger charge is 2.17. The van der Waals surface area contributed by atoms with Crippen molar-refractivity contribution in [2.24, 2.45) is 0 Å². The van der Waals surface area contributed by atoms with E-state index in [4.69, 9.17) is 16.3 Å². The lowest BCUT2D eigenvalue weighted by Gasteiger charge is -2.09. The molecule has 24 heavy (non-hydrogen) atoms. The van der Waals surface area contributed by atoms with Crippen LogP contribution in [0.5, 0.6) is 0 Å². The summed E-state index contributed by atoms with van der Waals surface area (Å²) in [6, 6.07) is 8.90. The van der Waals surface area contributed by atoms with Gasteiger partial charge in [-0.05, 0) is 24.6 Å². The molecular weight excluding hydrogens is 330 g/mol. The van der Waals surface area contributed by atoms with Crippen molar-refractivity contribution >= 4 is 23.2 Å². The molecule has 0 unspecified atom stereocenters. The second-order valence-electron chi connectivity index (χ2n) is 5.28. The Labute approximate surface area is 143 Å². The molecule has 0 radical (unpaired) electrons. The Kier molecular flexibility index (Phi) is 4.66. The molecule has 0 spiro atoms. The third-order valence-electron chi connectivity index (χ3n) is 3.64. The summed E-state index contributed by atoms with van der Waals surface area (Å²) in [5.74, 6) is -0.401. The zero-order valence-electron chi connectivity index (χ0n) is 13.1. The first-order chi connectivity index (χ1) is 11.6. The summed E-state index contributed by atoms with van der Waals surface area (Å²) >= 11 is 5.90. The Morgan fingerprint density at radius 1 is 1.29 bits per heavy atom. The molecule has 0 saturated carbocycles. The van der Waals surface area contributed by atoms with E-state index in [1.165, 1.54) is 4.52 Å². The molecule has 3 aromatic rings. The van der Waals surface area contributed by atoms with Crippen molar-refractivity contribution < 1.29 is 9.53 Å². The van der Waals surface area contributed by atoms with Crippen LogP contribution in [0.1, 0.15) is 23.7 Å². The minimum absolute atomic E-state index is 0.0340. The van der Waals surface area contributed by atoms with Crippen LogP contribution in [0.25, 0.3) is 5.65 Å². The SMILES string of the molecule is CCOC(=O)Cc1nc2cc[nH]n2c(=O)c1Cc1ccc(Cl)cc1. The van der Waals surface area contributed by atoms with E-state index < -0.39 is 5.97 Å². The number of nitrogens with zero attached hydrogens (tertiary/aromatic N) is 2. The molecule has 0 saturated heterocycles. The van der Waals surface area contributed by atoms with Crippen LogP contribution < -0.4 is 5.56 Å². The fraction of sp³-hybridized carbons (Fsp3) is 0.235. The van der Waals surface area contributed by atoms with E-state index in [-0.39, 0.29) is 18.6 Å². The van der Waals surface area contributed by atoms with E-state index in [0.717, 1.165) is 5.56 Å². The Morgan fingerprint density at radius 2 is 2.04 bits per heavy atom. The largest absolute Gasteiger partial charge is 0.466 e. The maximum absolute atomic E-state index is 12.7. The van der Waals surface area contributed by atoms with Crippen LogP contribution in [-0.4, -0.2) is 27.2 Å². The van der Waals surface area contributed by atoms with Gasteiger partial charge in [0.2, 0.25) is 0 Å². The summed E-state index contributed by atoms with van der Waals surface area (Å²) in [6.07, 6.45) is 1.96. The highest BCUT2D eigenvalue weighted by Crippen LogP contribution is 2.15. The molecule has 0 fully saturated rings. The van der Waals surface area contributed by atoms with Gasteiger partial charge in [-0.1, -0.05) is 23.7 Å². The Balaban J connectivity index is 2.05. The standard InChI is InChI=1S/C17H16ClN3O3/c1-2-24-16(22)10-14-13(9-11-3-5-12(18)6-4-11)17(23)21-15(20-14)7-8-19-21/h3-8,19H,2,9-10H2,1H3. The normalized spacial score (nSPS) is 10.9. The molecule has 0 aliphatic heterocycles. The first-order valence-electron chi connectivity index (χ1n) is 7.56. The Morgan fingerprint density at radius 3 is 2.75 bits per heavy atom. The van der Waals surface area contributed by atoms with Crippen LogP contribution in [0.4, 0.5) is 0 Å². The van der Waals surface area contributed by atoms with Crippen molar-refractivity contribution in [1.29, 1.82) is 0 Å². The zero-order valence-corrected chi connectivity index (χ0v) is 13.8. The molecule has 0 bridgehead atoms. The van der Waals surface area contributed by atoms with Crippen LogP contribution >= 0.6 is 11.6 Å².